The smallest absolute Gasteiger partial charge is 0.256 e. The summed E-state index contributed by atoms with van der Waals surface area (Å²) in [6.45, 7) is 10.2. The molecule has 4 heterocycles. The molecule has 5 rings (SSSR count). The number of rotatable bonds is 6. The topological polar surface area (TPSA) is 110 Å². The molecule has 0 aliphatic heterocycles. The van der Waals surface area contributed by atoms with E-state index in [4.69, 9.17) is 4.52 Å². The number of anilines is 3. The molecule has 0 saturated heterocycles. The summed E-state index contributed by atoms with van der Waals surface area (Å²) in [5.41, 5.74) is 7.44. The van der Waals surface area contributed by atoms with Crippen LogP contribution in [0.15, 0.2) is 72.4 Å². The van der Waals surface area contributed by atoms with E-state index >= 15 is 0 Å². The summed E-state index contributed by atoms with van der Waals surface area (Å²) in [6, 6.07) is 12.9. The first-order valence-electron chi connectivity index (χ1n) is 11.0. The number of carbonyl (C=O) groups excluding carboxylic acids is 1. The molecule has 35 heavy (non-hydrogen) atoms. The van der Waals surface area contributed by atoms with Gasteiger partial charge in [0.15, 0.2) is 11.6 Å². The van der Waals surface area contributed by atoms with Crippen molar-refractivity contribution in [2.75, 3.05) is 10.6 Å². The molecule has 0 saturated carbocycles. The number of benzene rings is 1. The Balaban J connectivity index is 1.49. The fraction of sp³-hybridized carbons (Fsp3) is 0.115. The molecule has 0 radical (unpaired) electrons. The Bertz CT molecular complexity index is 1570. The molecule has 0 unspecified atom stereocenters. The van der Waals surface area contributed by atoms with Gasteiger partial charge in [0, 0.05) is 40.3 Å². The summed E-state index contributed by atoms with van der Waals surface area (Å²) in [5.74, 6) is 0.672. The minimum Gasteiger partial charge on any atom is -0.363 e. The Morgan fingerprint density at radius 1 is 1.11 bits per heavy atom. The highest BCUT2D eigenvalue weighted by molar-refractivity contribution is 6.04. The minimum absolute atomic E-state index is 0.294. The lowest BCUT2D eigenvalue weighted by Crippen LogP contribution is -2.12. The van der Waals surface area contributed by atoms with E-state index in [0.29, 0.717) is 17.2 Å². The van der Waals surface area contributed by atoms with Gasteiger partial charge < -0.3 is 15.2 Å². The van der Waals surface area contributed by atoms with Crippen molar-refractivity contribution in [2.45, 2.75) is 20.8 Å². The van der Waals surface area contributed by atoms with Gasteiger partial charge in [0.25, 0.3) is 5.91 Å². The maximum atomic E-state index is 12.7. The SMILES string of the molecule is C=C(c1cccc(C)n1)c1cn2ncnc(Nc3cc(C(=O)Nc4ccon4)ccc3C)c2c1C. The maximum absolute atomic E-state index is 12.7. The largest absolute Gasteiger partial charge is 0.363 e. The highest BCUT2D eigenvalue weighted by Gasteiger charge is 2.17. The van der Waals surface area contributed by atoms with Gasteiger partial charge in [0.1, 0.15) is 18.1 Å². The zero-order valence-electron chi connectivity index (χ0n) is 19.5. The van der Waals surface area contributed by atoms with Crippen LogP contribution in [0, 0.1) is 20.8 Å². The molecule has 9 heteroatoms. The van der Waals surface area contributed by atoms with Crippen LogP contribution in [0.3, 0.4) is 0 Å². The molecule has 9 nitrogen and oxygen atoms in total. The number of carbonyl (C=O) groups is 1. The fourth-order valence-electron chi connectivity index (χ4n) is 3.90. The summed E-state index contributed by atoms with van der Waals surface area (Å²) < 4.78 is 6.55. The average Bonchev–Trinajstić information content (AvgIpc) is 3.48. The number of amides is 1. The number of nitrogens with zero attached hydrogens (tertiary/aromatic N) is 5. The van der Waals surface area contributed by atoms with Gasteiger partial charge in [-0.25, -0.2) is 9.50 Å². The van der Waals surface area contributed by atoms with Gasteiger partial charge in [-0.15, -0.1) is 0 Å². The van der Waals surface area contributed by atoms with E-state index in [9.17, 15) is 4.79 Å². The molecule has 0 bridgehead atoms. The van der Waals surface area contributed by atoms with Crippen LogP contribution in [0.4, 0.5) is 17.3 Å². The number of aryl methyl sites for hydroxylation is 3. The van der Waals surface area contributed by atoms with E-state index in [1.165, 1.54) is 12.6 Å². The van der Waals surface area contributed by atoms with Crippen LogP contribution in [0.1, 0.15) is 38.4 Å². The Morgan fingerprint density at radius 2 is 1.97 bits per heavy atom. The standard InChI is InChI=1S/C26H23N7O2/c1-15-8-9-19(26(34)31-23-10-11-35-32-23)12-22(15)30-25-24-18(4)20(13-33(24)28-14-27-25)17(3)21-7-5-6-16(2)29-21/h5-14H,3H2,1-2,4H3,(H,27,28,30)(H,31,32,34). The molecule has 0 spiro atoms. The van der Waals surface area contributed by atoms with Gasteiger partial charge in [-0.3, -0.25) is 9.78 Å². The van der Waals surface area contributed by atoms with Crippen LogP contribution >= 0.6 is 0 Å². The fourth-order valence-corrected chi connectivity index (χ4v) is 3.90. The van der Waals surface area contributed by atoms with E-state index in [1.54, 1.807) is 22.7 Å². The Morgan fingerprint density at radius 3 is 2.74 bits per heavy atom. The molecule has 4 aromatic heterocycles. The van der Waals surface area contributed by atoms with Crippen molar-refractivity contribution < 1.29 is 9.32 Å². The first-order chi connectivity index (χ1) is 16.9. The lowest BCUT2D eigenvalue weighted by molar-refractivity contribution is 0.102. The van der Waals surface area contributed by atoms with E-state index in [0.717, 1.165) is 44.9 Å². The molecule has 0 aliphatic carbocycles. The predicted molar refractivity (Wildman–Crippen MR) is 134 cm³/mol. The zero-order chi connectivity index (χ0) is 24.5. The van der Waals surface area contributed by atoms with Gasteiger partial charge >= 0.3 is 0 Å². The van der Waals surface area contributed by atoms with E-state index < -0.39 is 0 Å². The highest BCUT2D eigenvalue weighted by atomic mass is 16.5. The van der Waals surface area contributed by atoms with Crippen LogP contribution < -0.4 is 10.6 Å². The first-order valence-corrected chi connectivity index (χ1v) is 11.0. The molecule has 0 atom stereocenters. The number of pyridine rings is 1. The molecule has 1 aromatic carbocycles. The number of hydrogen-bond acceptors (Lipinski definition) is 7. The summed E-state index contributed by atoms with van der Waals surface area (Å²) in [5, 5.41) is 14.2. The van der Waals surface area contributed by atoms with Crippen LogP contribution in [0.25, 0.3) is 11.1 Å². The molecule has 5 aromatic rings. The van der Waals surface area contributed by atoms with Gasteiger partial charge in [0.2, 0.25) is 0 Å². The quantitative estimate of drug-likeness (QED) is 0.359. The summed E-state index contributed by atoms with van der Waals surface area (Å²) in [7, 11) is 0. The van der Waals surface area contributed by atoms with Crippen molar-refractivity contribution in [3.05, 3.63) is 101 Å². The third-order valence-electron chi connectivity index (χ3n) is 5.78. The van der Waals surface area contributed by atoms with Crippen molar-refractivity contribution >= 4 is 34.3 Å². The highest BCUT2D eigenvalue weighted by Crippen LogP contribution is 2.32. The molecule has 0 fully saturated rings. The lowest BCUT2D eigenvalue weighted by Gasteiger charge is -2.12. The zero-order valence-corrected chi connectivity index (χ0v) is 19.5. The third kappa shape index (κ3) is 4.26. The van der Waals surface area contributed by atoms with Crippen molar-refractivity contribution in [3.8, 4) is 0 Å². The second kappa shape index (κ2) is 8.86. The van der Waals surface area contributed by atoms with Crippen molar-refractivity contribution in [1.82, 2.24) is 24.7 Å². The second-order valence-corrected chi connectivity index (χ2v) is 8.21. The van der Waals surface area contributed by atoms with Gasteiger partial charge in [-0.05, 0) is 56.2 Å². The molecular weight excluding hydrogens is 442 g/mol. The van der Waals surface area contributed by atoms with Crippen molar-refractivity contribution in [3.63, 3.8) is 0 Å². The maximum Gasteiger partial charge on any atom is 0.256 e. The van der Waals surface area contributed by atoms with Crippen molar-refractivity contribution in [2.24, 2.45) is 0 Å². The van der Waals surface area contributed by atoms with Crippen LogP contribution in [0.2, 0.25) is 0 Å². The first kappa shape index (κ1) is 22.0. The van der Waals surface area contributed by atoms with Gasteiger partial charge in [-0.1, -0.05) is 23.9 Å². The van der Waals surface area contributed by atoms with Crippen LogP contribution in [0.5, 0.6) is 0 Å². The Hall–Kier alpha value is -4.79. The average molecular weight is 466 g/mol. The Kier molecular flexibility index (Phi) is 5.58. The number of nitrogens with one attached hydrogen (secondary N) is 2. The molecule has 0 aliphatic rings. The van der Waals surface area contributed by atoms with Crippen molar-refractivity contribution in [1.29, 1.82) is 0 Å². The Labute approximate surface area is 201 Å². The molecular formula is C26H23N7O2. The van der Waals surface area contributed by atoms with Gasteiger partial charge in [-0.2, -0.15) is 5.10 Å². The van der Waals surface area contributed by atoms with Crippen LogP contribution in [-0.4, -0.2) is 30.6 Å². The molecule has 174 valence electrons. The monoisotopic (exact) mass is 465 g/mol. The summed E-state index contributed by atoms with van der Waals surface area (Å²) in [4.78, 5) is 21.8. The second-order valence-electron chi connectivity index (χ2n) is 8.21. The normalized spacial score (nSPS) is 10.9. The number of hydrogen-bond donors (Lipinski definition) is 2. The summed E-state index contributed by atoms with van der Waals surface area (Å²) >= 11 is 0. The molecule has 1 amide bonds. The van der Waals surface area contributed by atoms with E-state index in [1.807, 2.05) is 51.2 Å². The summed E-state index contributed by atoms with van der Waals surface area (Å²) in [6.07, 6.45) is 4.82. The lowest BCUT2D eigenvalue weighted by atomic mass is 10.0. The predicted octanol–water partition coefficient (Wildman–Crippen LogP) is 5.09. The number of fused-ring (bicyclic) bond motifs is 1. The molecule has 2 N–H and O–H groups in total. The number of aromatic nitrogens is 5. The van der Waals surface area contributed by atoms with Gasteiger partial charge in [0.05, 0.1) is 5.69 Å². The van der Waals surface area contributed by atoms with Crippen LogP contribution in [-0.2, 0) is 0 Å². The van der Waals surface area contributed by atoms with E-state index in [-0.39, 0.29) is 5.91 Å². The minimum atomic E-state index is -0.294. The third-order valence-corrected chi connectivity index (χ3v) is 5.78. The van der Waals surface area contributed by atoms with E-state index in [2.05, 4.69) is 37.4 Å².